The van der Waals surface area contributed by atoms with Crippen molar-refractivity contribution in [3.63, 3.8) is 0 Å². The van der Waals surface area contributed by atoms with Gasteiger partial charge in [0.05, 0.1) is 22.2 Å². The van der Waals surface area contributed by atoms with Crippen molar-refractivity contribution in [3.05, 3.63) is 63.7 Å². The first-order chi connectivity index (χ1) is 9.88. The number of carbonyl (C=O) groups excluding carboxylic acids is 1. The van der Waals surface area contributed by atoms with Crippen LogP contribution in [0.5, 0.6) is 5.75 Å². The molecule has 0 aliphatic heterocycles. The number of benzene rings is 2. The number of nitro benzene ring substituents is 1. The molecule has 2 aromatic rings. The molecule has 108 valence electrons. The van der Waals surface area contributed by atoms with Gasteiger partial charge in [0.1, 0.15) is 17.4 Å². The van der Waals surface area contributed by atoms with Crippen LogP contribution in [-0.4, -0.2) is 15.9 Å². The van der Waals surface area contributed by atoms with Gasteiger partial charge in [0.25, 0.3) is 11.6 Å². The minimum Gasteiger partial charge on any atom is -0.506 e. The molecule has 0 fully saturated rings. The molecule has 8 heteroatoms. The number of non-ortho nitro benzene ring substituents is 1. The van der Waals surface area contributed by atoms with Crippen LogP contribution in [0.4, 0.5) is 20.2 Å². The van der Waals surface area contributed by atoms with Gasteiger partial charge in [0.2, 0.25) is 0 Å². The Bertz CT molecular complexity index is 734. The van der Waals surface area contributed by atoms with Crippen molar-refractivity contribution in [3.8, 4) is 5.75 Å². The van der Waals surface area contributed by atoms with E-state index in [-0.39, 0.29) is 5.69 Å². The van der Waals surface area contributed by atoms with E-state index in [1.165, 1.54) is 0 Å². The van der Waals surface area contributed by atoms with Crippen LogP contribution in [-0.2, 0) is 0 Å². The second-order valence-corrected chi connectivity index (χ2v) is 4.04. The summed E-state index contributed by atoms with van der Waals surface area (Å²) in [5.41, 5.74) is -1.21. The molecule has 0 saturated carbocycles. The van der Waals surface area contributed by atoms with Gasteiger partial charge >= 0.3 is 0 Å². The summed E-state index contributed by atoms with van der Waals surface area (Å²) in [4.78, 5) is 21.5. The maximum absolute atomic E-state index is 13.6. The lowest BCUT2D eigenvalue weighted by Crippen LogP contribution is -2.14. The molecular weight excluding hydrogens is 286 g/mol. The van der Waals surface area contributed by atoms with Gasteiger partial charge < -0.3 is 10.4 Å². The van der Waals surface area contributed by atoms with Crippen LogP contribution < -0.4 is 5.32 Å². The van der Waals surface area contributed by atoms with Crippen molar-refractivity contribution < 1.29 is 23.6 Å². The average molecular weight is 294 g/mol. The molecule has 0 aromatic heterocycles. The Hall–Kier alpha value is -3.03. The number of phenols is 1. The molecule has 1 amide bonds. The lowest BCUT2D eigenvalue weighted by molar-refractivity contribution is -0.385. The quantitative estimate of drug-likeness (QED) is 0.517. The number of nitro groups is 1. The van der Waals surface area contributed by atoms with E-state index >= 15 is 0 Å². The monoisotopic (exact) mass is 294 g/mol. The summed E-state index contributed by atoms with van der Waals surface area (Å²) in [5, 5.41) is 22.0. The van der Waals surface area contributed by atoms with Crippen molar-refractivity contribution >= 4 is 17.3 Å². The molecule has 0 spiro atoms. The van der Waals surface area contributed by atoms with Crippen LogP contribution in [0.25, 0.3) is 0 Å². The first-order valence-corrected chi connectivity index (χ1v) is 5.62. The number of hydrogen-bond acceptors (Lipinski definition) is 4. The predicted molar refractivity (Wildman–Crippen MR) is 69.1 cm³/mol. The van der Waals surface area contributed by atoms with Gasteiger partial charge in [-0.3, -0.25) is 14.9 Å². The molecule has 6 nitrogen and oxygen atoms in total. The number of carbonyl (C=O) groups is 1. The van der Waals surface area contributed by atoms with Crippen LogP contribution in [0.3, 0.4) is 0 Å². The lowest BCUT2D eigenvalue weighted by atomic mass is 10.1. The fraction of sp³-hybridized carbons (Fsp3) is 0. The van der Waals surface area contributed by atoms with Crippen molar-refractivity contribution in [1.82, 2.24) is 0 Å². The molecule has 0 atom stereocenters. The number of aromatic hydroxyl groups is 1. The standard InChI is InChI=1S/C13H8F2N2O4/c14-7-1-4-12(18)11(5-7)16-13(19)9-3-2-8(17(20)21)6-10(9)15/h1-6,18H,(H,16,19). The molecule has 0 unspecified atom stereocenters. The van der Waals surface area contributed by atoms with E-state index in [0.29, 0.717) is 6.07 Å². The third kappa shape index (κ3) is 3.11. The van der Waals surface area contributed by atoms with E-state index in [0.717, 1.165) is 30.3 Å². The first kappa shape index (κ1) is 14.4. The summed E-state index contributed by atoms with van der Waals surface area (Å²) < 4.78 is 26.7. The summed E-state index contributed by atoms with van der Waals surface area (Å²) in [6.07, 6.45) is 0. The summed E-state index contributed by atoms with van der Waals surface area (Å²) in [6, 6.07) is 5.36. The second kappa shape index (κ2) is 5.53. The highest BCUT2D eigenvalue weighted by atomic mass is 19.1. The number of nitrogens with one attached hydrogen (secondary N) is 1. The molecule has 0 aliphatic carbocycles. The van der Waals surface area contributed by atoms with Gasteiger partial charge in [-0.2, -0.15) is 0 Å². The van der Waals surface area contributed by atoms with E-state index in [4.69, 9.17) is 0 Å². The number of anilines is 1. The molecule has 0 bridgehead atoms. The zero-order chi connectivity index (χ0) is 15.6. The molecular formula is C13H8F2N2O4. The summed E-state index contributed by atoms with van der Waals surface area (Å²) >= 11 is 0. The average Bonchev–Trinajstić information content (AvgIpc) is 2.42. The Labute approximate surface area is 116 Å². The Kier molecular flexibility index (Phi) is 3.79. The van der Waals surface area contributed by atoms with Crippen LogP contribution >= 0.6 is 0 Å². The Balaban J connectivity index is 2.28. The number of nitrogens with zero attached hydrogens (tertiary/aromatic N) is 1. The second-order valence-electron chi connectivity index (χ2n) is 4.04. The SMILES string of the molecule is O=C(Nc1cc(F)ccc1O)c1ccc([N+](=O)[O-])cc1F. The topological polar surface area (TPSA) is 92.5 Å². The first-order valence-electron chi connectivity index (χ1n) is 5.62. The highest BCUT2D eigenvalue weighted by Gasteiger charge is 2.17. The zero-order valence-corrected chi connectivity index (χ0v) is 10.3. The molecule has 21 heavy (non-hydrogen) atoms. The van der Waals surface area contributed by atoms with Crippen LogP contribution in [0.2, 0.25) is 0 Å². The normalized spacial score (nSPS) is 10.2. The number of hydrogen-bond donors (Lipinski definition) is 2. The number of amides is 1. The van der Waals surface area contributed by atoms with Gasteiger partial charge in [-0.15, -0.1) is 0 Å². The van der Waals surface area contributed by atoms with E-state index in [1.54, 1.807) is 0 Å². The third-order valence-corrected chi connectivity index (χ3v) is 2.61. The summed E-state index contributed by atoms with van der Waals surface area (Å²) in [6.45, 7) is 0. The Morgan fingerprint density at radius 2 is 1.90 bits per heavy atom. The predicted octanol–water partition coefficient (Wildman–Crippen LogP) is 2.83. The van der Waals surface area contributed by atoms with E-state index in [9.17, 15) is 28.8 Å². The van der Waals surface area contributed by atoms with E-state index < -0.39 is 39.5 Å². The van der Waals surface area contributed by atoms with Gasteiger partial charge in [-0.05, 0) is 18.2 Å². The molecule has 2 N–H and O–H groups in total. The number of halogens is 2. The third-order valence-electron chi connectivity index (χ3n) is 2.61. The van der Waals surface area contributed by atoms with Crippen LogP contribution in [0.1, 0.15) is 10.4 Å². The van der Waals surface area contributed by atoms with Crippen LogP contribution in [0, 0.1) is 21.7 Å². The molecule has 0 saturated heterocycles. The summed E-state index contributed by atoms with van der Waals surface area (Å²) in [7, 11) is 0. The molecule has 0 aliphatic rings. The number of rotatable bonds is 3. The maximum Gasteiger partial charge on any atom is 0.272 e. The zero-order valence-electron chi connectivity index (χ0n) is 10.3. The van der Waals surface area contributed by atoms with Crippen molar-refractivity contribution in [2.45, 2.75) is 0 Å². The minimum absolute atomic E-state index is 0.238. The lowest BCUT2D eigenvalue weighted by Gasteiger charge is -2.08. The smallest absolute Gasteiger partial charge is 0.272 e. The molecule has 2 aromatic carbocycles. The van der Waals surface area contributed by atoms with Gasteiger partial charge in [-0.25, -0.2) is 8.78 Å². The van der Waals surface area contributed by atoms with Gasteiger partial charge in [-0.1, -0.05) is 0 Å². The Morgan fingerprint density at radius 1 is 1.19 bits per heavy atom. The van der Waals surface area contributed by atoms with E-state index in [1.807, 2.05) is 0 Å². The molecule has 2 rings (SSSR count). The minimum atomic E-state index is -1.10. The van der Waals surface area contributed by atoms with E-state index in [2.05, 4.69) is 5.32 Å². The largest absolute Gasteiger partial charge is 0.506 e. The van der Waals surface area contributed by atoms with Crippen molar-refractivity contribution in [2.75, 3.05) is 5.32 Å². The fourth-order valence-electron chi connectivity index (χ4n) is 1.60. The molecule has 0 heterocycles. The number of phenolic OH excluding ortho intramolecular Hbond substituents is 1. The molecule has 0 radical (unpaired) electrons. The highest BCUT2D eigenvalue weighted by Crippen LogP contribution is 2.25. The van der Waals surface area contributed by atoms with Crippen molar-refractivity contribution in [1.29, 1.82) is 0 Å². The van der Waals surface area contributed by atoms with Crippen LogP contribution in [0.15, 0.2) is 36.4 Å². The fourth-order valence-corrected chi connectivity index (χ4v) is 1.60. The summed E-state index contributed by atoms with van der Waals surface area (Å²) in [5.74, 6) is -3.17. The maximum atomic E-state index is 13.6. The van der Waals surface area contributed by atoms with Gasteiger partial charge in [0, 0.05) is 12.1 Å². The Morgan fingerprint density at radius 3 is 2.52 bits per heavy atom. The van der Waals surface area contributed by atoms with Gasteiger partial charge in [0.15, 0.2) is 0 Å². The highest BCUT2D eigenvalue weighted by molar-refractivity contribution is 6.05. The van der Waals surface area contributed by atoms with Crippen molar-refractivity contribution in [2.24, 2.45) is 0 Å².